The molecule has 1 heterocycles. The van der Waals surface area contributed by atoms with E-state index in [2.05, 4.69) is 0 Å². The summed E-state index contributed by atoms with van der Waals surface area (Å²) < 4.78 is 5.91. The van der Waals surface area contributed by atoms with E-state index in [4.69, 9.17) is 4.42 Å². The summed E-state index contributed by atoms with van der Waals surface area (Å²) in [7, 11) is 0. The molecule has 0 amide bonds. The van der Waals surface area contributed by atoms with Gasteiger partial charge < -0.3 is 4.42 Å². The molecule has 0 aliphatic rings. The molecule has 2 heteroatoms. The second-order valence-corrected chi connectivity index (χ2v) is 4.80. The molecule has 0 bridgehead atoms. The molecule has 2 nitrogen and oxygen atoms in total. The quantitative estimate of drug-likeness (QED) is 0.651. The van der Waals surface area contributed by atoms with Gasteiger partial charge >= 0.3 is 0 Å². The third-order valence-corrected chi connectivity index (χ3v) is 3.22. The van der Waals surface area contributed by atoms with Crippen molar-refractivity contribution in [3.63, 3.8) is 0 Å². The molecule has 0 saturated heterocycles. The van der Waals surface area contributed by atoms with Crippen molar-refractivity contribution >= 4 is 11.0 Å². The molecule has 0 fully saturated rings. The fourth-order valence-corrected chi connectivity index (χ4v) is 2.35. The van der Waals surface area contributed by atoms with Gasteiger partial charge in [0.25, 0.3) is 0 Å². The molecule has 3 rings (SSSR count). The fraction of sp³-hybridized carbons (Fsp3) is 0.118. The standard InChI is InChI=1S/C17H14O2/c1-11-8-12(2)17-14(9-11)15(18)10-16(19-17)13-6-4-3-5-7-13/h3-10H,1-2H3. The molecule has 1 aromatic heterocycles. The molecule has 0 N–H and O–H groups in total. The summed E-state index contributed by atoms with van der Waals surface area (Å²) in [6.07, 6.45) is 0. The van der Waals surface area contributed by atoms with Crippen molar-refractivity contribution < 1.29 is 4.42 Å². The zero-order valence-corrected chi connectivity index (χ0v) is 10.9. The molecule has 0 spiro atoms. The summed E-state index contributed by atoms with van der Waals surface area (Å²) in [5, 5.41) is 0.650. The van der Waals surface area contributed by atoms with E-state index in [0.29, 0.717) is 16.7 Å². The van der Waals surface area contributed by atoms with Gasteiger partial charge in [0.1, 0.15) is 11.3 Å². The molecule has 3 aromatic rings. The maximum Gasteiger partial charge on any atom is 0.193 e. The number of hydrogen-bond donors (Lipinski definition) is 0. The van der Waals surface area contributed by atoms with E-state index >= 15 is 0 Å². The van der Waals surface area contributed by atoms with Gasteiger partial charge in [-0.15, -0.1) is 0 Å². The van der Waals surface area contributed by atoms with Crippen molar-refractivity contribution in [3.8, 4) is 11.3 Å². The second kappa shape index (κ2) is 4.39. The summed E-state index contributed by atoms with van der Waals surface area (Å²) >= 11 is 0. The first-order valence-electron chi connectivity index (χ1n) is 6.26. The smallest absolute Gasteiger partial charge is 0.193 e. The Kier molecular flexibility index (Phi) is 2.71. The van der Waals surface area contributed by atoms with Crippen molar-refractivity contribution in [2.75, 3.05) is 0 Å². The summed E-state index contributed by atoms with van der Waals surface area (Å²) in [5.74, 6) is 0.616. The molecular formula is C17H14O2. The SMILES string of the molecule is Cc1cc(C)c2oc(-c3ccccc3)cc(=O)c2c1. The molecule has 0 saturated carbocycles. The van der Waals surface area contributed by atoms with Crippen molar-refractivity contribution in [1.82, 2.24) is 0 Å². The maximum atomic E-state index is 12.2. The van der Waals surface area contributed by atoms with E-state index in [0.717, 1.165) is 16.7 Å². The van der Waals surface area contributed by atoms with Gasteiger partial charge in [0, 0.05) is 11.6 Å². The molecular weight excluding hydrogens is 236 g/mol. The van der Waals surface area contributed by atoms with Gasteiger partial charge in [0.05, 0.1) is 5.39 Å². The lowest BCUT2D eigenvalue weighted by atomic mass is 10.1. The lowest BCUT2D eigenvalue weighted by molar-refractivity contribution is 0.616. The highest BCUT2D eigenvalue weighted by Crippen LogP contribution is 2.24. The minimum atomic E-state index is 0.00639. The van der Waals surface area contributed by atoms with Crippen LogP contribution in [0.3, 0.4) is 0 Å². The molecule has 0 aliphatic carbocycles. The number of hydrogen-bond acceptors (Lipinski definition) is 2. The Morgan fingerprint density at radius 2 is 1.68 bits per heavy atom. The van der Waals surface area contributed by atoms with Crippen LogP contribution >= 0.6 is 0 Å². The van der Waals surface area contributed by atoms with Crippen LogP contribution < -0.4 is 5.43 Å². The molecule has 19 heavy (non-hydrogen) atoms. The van der Waals surface area contributed by atoms with Crippen LogP contribution in [0.2, 0.25) is 0 Å². The Hall–Kier alpha value is -2.35. The van der Waals surface area contributed by atoms with Gasteiger partial charge in [-0.05, 0) is 31.0 Å². The van der Waals surface area contributed by atoms with E-state index in [1.54, 1.807) is 6.07 Å². The van der Waals surface area contributed by atoms with Crippen LogP contribution in [0.1, 0.15) is 11.1 Å². The van der Waals surface area contributed by atoms with Crippen LogP contribution in [0.5, 0.6) is 0 Å². The largest absolute Gasteiger partial charge is 0.456 e. The van der Waals surface area contributed by atoms with Gasteiger partial charge in [0.2, 0.25) is 0 Å². The van der Waals surface area contributed by atoms with E-state index in [-0.39, 0.29) is 5.43 Å². The summed E-state index contributed by atoms with van der Waals surface area (Å²) in [6.45, 7) is 3.95. The molecule has 2 aromatic carbocycles. The highest BCUT2D eigenvalue weighted by atomic mass is 16.3. The number of aryl methyl sites for hydroxylation is 2. The van der Waals surface area contributed by atoms with Crippen LogP contribution in [0.4, 0.5) is 0 Å². The van der Waals surface area contributed by atoms with Gasteiger partial charge in [0.15, 0.2) is 5.43 Å². The van der Waals surface area contributed by atoms with E-state index in [1.807, 2.05) is 56.3 Å². The van der Waals surface area contributed by atoms with E-state index in [1.165, 1.54) is 0 Å². The first-order valence-corrected chi connectivity index (χ1v) is 6.26. The van der Waals surface area contributed by atoms with Crippen LogP contribution in [0.25, 0.3) is 22.3 Å². The Morgan fingerprint density at radius 3 is 2.42 bits per heavy atom. The van der Waals surface area contributed by atoms with Gasteiger partial charge in [-0.25, -0.2) is 0 Å². The topological polar surface area (TPSA) is 30.2 Å². The Morgan fingerprint density at radius 1 is 0.947 bits per heavy atom. The van der Waals surface area contributed by atoms with Crippen molar-refractivity contribution in [3.05, 3.63) is 69.9 Å². The third-order valence-electron chi connectivity index (χ3n) is 3.22. The number of rotatable bonds is 1. The molecule has 0 aliphatic heterocycles. The first-order chi connectivity index (χ1) is 9.15. The van der Waals surface area contributed by atoms with Gasteiger partial charge in [-0.3, -0.25) is 4.79 Å². The first kappa shape index (κ1) is 11.7. The minimum Gasteiger partial charge on any atom is -0.456 e. The van der Waals surface area contributed by atoms with Crippen LogP contribution in [-0.4, -0.2) is 0 Å². The van der Waals surface area contributed by atoms with E-state index < -0.39 is 0 Å². The van der Waals surface area contributed by atoms with Crippen LogP contribution in [-0.2, 0) is 0 Å². The van der Waals surface area contributed by atoms with Gasteiger partial charge in [-0.2, -0.15) is 0 Å². The summed E-state index contributed by atoms with van der Waals surface area (Å²) in [4.78, 5) is 12.2. The molecule has 0 atom stereocenters. The highest BCUT2D eigenvalue weighted by Gasteiger charge is 2.09. The molecule has 0 radical (unpaired) electrons. The average molecular weight is 250 g/mol. The predicted molar refractivity (Wildman–Crippen MR) is 77.4 cm³/mol. The Labute approximate surface area is 111 Å². The lowest BCUT2D eigenvalue weighted by Gasteiger charge is -2.06. The van der Waals surface area contributed by atoms with Crippen LogP contribution in [0, 0.1) is 13.8 Å². The summed E-state index contributed by atoms with van der Waals surface area (Å²) in [6, 6.07) is 15.2. The van der Waals surface area contributed by atoms with E-state index in [9.17, 15) is 4.79 Å². The number of benzene rings is 2. The zero-order valence-electron chi connectivity index (χ0n) is 10.9. The van der Waals surface area contributed by atoms with Crippen molar-refractivity contribution in [1.29, 1.82) is 0 Å². The monoisotopic (exact) mass is 250 g/mol. The molecule has 94 valence electrons. The van der Waals surface area contributed by atoms with Gasteiger partial charge in [-0.1, -0.05) is 36.4 Å². The zero-order chi connectivity index (χ0) is 13.4. The average Bonchev–Trinajstić information content (AvgIpc) is 2.41. The molecule has 0 unspecified atom stereocenters. The highest BCUT2D eigenvalue weighted by molar-refractivity contribution is 5.82. The van der Waals surface area contributed by atoms with Crippen LogP contribution in [0.15, 0.2) is 57.7 Å². The number of fused-ring (bicyclic) bond motifs is 1. The maximum absolute atomic E-state index is 12.2. The van der Waals surface area contributed by atoms with Crippen molar-refractivity contribution in [2.45, 2.75) is 13.8 Å². The normalized spacial score (nSPS) is 10.8. The second-order valence-electron chi connectivity index (χ2n) is 4.80. The minimum absolute atomic E-state index is 0.00639. The Balaban J connectivity index is 2.34. The fourth-order valence-electron chi connectivity index (χ4n) is 2.35. The summed E-state index contributed by atoms with van der Waals surface area (Å²) in [5.41, 5.74) is 3.67. The van der Waals surface area contributed by atoms with Crippen molar-refractivity contribution in [2.24, 2.45) is 0 Å². The predicted octanol–water partition coefficient (Wildman–Crippen LogP) is 4.08. The third kappa shape index (κ3) is 2.06. The lowest BCUT2D eigenvalue weighted by Crippen LogP contribution is -2.01. The Bertz CT molecular complexity index is 799.